The van der Waals surface area contributed by atoms with E-state index in [1.54, 1.807) is 0 Å². The van der Waals surface area contributed by atoms with E-state index in [0.29, 0.717) is 18.2 Å². The normalized spacial score (nSPS) is 19.7. The molecule has 0 aromatic carbocycles. The van der Waals surface area contributed by atoms with Crippen molar-refractivity contribution in [2.45, 2.75) is 51.5 Å². The van der Waals surface area contributed by atoms with Crippen LogP contribution in [0.2, 0.25) is 0 Å². The molecular weight excluding hydrogens is 334 g/mol. The van der Waals surface area contributed by atoms with Crippen LogP contribution < -0.4 is 0 Å². The van der Waals surface area contributed by atoms with Gasteiger partial charge in [0.2, 0.25) is 5.91 Å². The maximum absolute atomic E-state index is 12.3. The molecule has 3 heterocycles. The Morgan fingerprint density at radius 3 is 2.56 bits per heavy atom. The standard InChI is InChI=1S/C18H31N5OS/c1-3-25-13-8-17(24)23-11-6-15(7-12-23)18-20-19-16(21(18)2)14-22-9-4-5-10-22/h15H,3-14H2,1-2H3. The molecule has 0 atom stereocenters. The zero-order valence-corrected chi connectivity index (χ0v) is 16.4. The lowest BCUT2D eigenvalue weighted by Crippen LogP contribution is -2.38. The van der Waals surface area contributed by atoms with Gasteiger partial charge in [0, 0.05) is 38.2 Å². The zero-order valence-electron chi connectivity index (χ0n) is 15.6. The Kier molecular flexibility index (Phi) is 6.76. The second-order valence-corrected chi connectivity index (χ2v) is 8.51. The van der Waals surface area contributed by atoms with E-state index in [2.05, 4.69) is 33.6 Å². The van der Waals surface area contributed by atoms with E-state index in [1.165, 1.54) is 25.9 Å². The molecule has 0 radical (unpaired) electrons. The molecule has 0 saturated carbocycles. The largest absolute Gasteiger partial charge is 0.343 e. The Morgan fingerprint density at radius 2 is 1.88 bits per heavy atom. The fourth-order valence-corrected chi connectivity index (χ4v) is 4.47. The first-order chi connectivity index (χ1) is 12.2. The van der Waals surface area contributed by atoms with Crippen LogP contribution in [0.15, 0.2) is 0 Å². The molecule has 1 amide bonds. The molecule has 7 heteroatoms. The fourth-order valence-electron chi connectivity index (χ4n) is 3.86. The van der Waals surface area contributed by atoms with Crippen LogP contribution in [0.25, 0.3) is 0 Å². The summed E-state index contributed by atoms with van der Waals surface area (Å²) in [7, 11) is 2.10. The number of amides is 1. The first-order valence-electron chi connectivity index (χ1n) is 9.65. The Balaban J connectivity index is 1.51. The summed E-state index contributed by atoms with van der Waals surface area (Å²) in [4.78, 5) is 16.8. The van der Waals surface area contributed by atoms with E-state index < -0.39 is 0 Å². The number of likely N-dealkylation sites (tertiary alicyclic amines) is 2. The molecule has 2 saturated heterocycles. The molecule has 25 heavy (non-hydrogen) atoms. The summed E-state index contributed by atoms with van der Waals surface area (Å²) in [5.74, 6) is 4.94. The Morgan fingerprint density at radius 1 is 1.16 bits per heavy atom. The molecule has 1 aromatic rings. The van der Waals surface area contributed by atoms with Gasteiger partial charge in [-0.15, -0.1) is 10.2 Å². The van der Waals surface area contributed by atoms with Crippen molar-refractivity contribution in [3.05, 3.63) is 11.6 Å². The summed E-state index contributed by atoms with van der Waals surface area (Å²) in [5, 5.41) is 8.94. The highest BCUT2D eigenvalue weighted by Gasteiger charge is 2.27. The summed E-state index contributed by atoms with van der Waals surface area (Å²) in [6.07, 6.45) is 5.28. The molecule has 0 N–H and O–H groups in total. The zero-order chi connectivity index (χ0) is 17.6. The highest BCUT2D eigenvalue weighted by molar-refractivity contribution is 7.99. The fraction of sp³-hybridized carbons (Fsp3) is 0.833. The summed E-state index contributed by atoms with van der Waals surface area (Å²) in [6, 6.07) is 0. The van der Waals surface area contributed by atoms with Crippen LogP contribution in [0.4, 0.5) is 0 Å². The van der Waals surface area contributed by atoms with Gasteiger partial charge in [-0.2, -0.15) is 11.8 Å². The summed E-state index contributed by atoms with van der Waals surface area (Å²) >= 11 is 1.84. The SMILES string of the molecule is CCSCCC(=O)N1CCC(c2nnc(CN3CCCC3)n2C)CC1. The number of hydrogen-bond donors (Lipinski definition) is 0. The lowest BCUT2D eigenvalue weighted by atomic mass is 9.95. The van der Waals surface area contributed by atoms with Gasteiger partial charge in [0.15, 0.2) is 0 Å². The second kappa shape index (κ2) is 9.03. The van der Waals surface area contributed by atoms with Crippen LogP contribution in [0.5, 0.6) is 0 Å². The van der Waals surface area contributed by atoms with Crippen LogP contribution in [-0.2, 0) is 18.4 Å². The summed E-state index contributed by atoms with van der Waals surface area (Å²) < 4.78 is 2.19. The van der Waals surface area contributed by atoms with Crippen LogP contribution in [0.1, 0.15) is 56.6 Å². The summed E-state index contributed by atoms with van der Waals surface area (Å²) in [5.41, 5.74) is 0. The topological polar surface area (TPSA) is 54.3 Å². The predicted octanol–water partition coefficient (Wildman–Crippen LogP) is 2.26. The molecule has 2 aliphatic heterocycles. The average molecular weight is 366 g/mol. The van der Waals surface area contributed by atoms with Crippen LogP contribution >= 0.6 is 11.8 Å². The highest BCUT2D eigenvalue weighted by Crippen LogP contribution is 2.27. The van der Waals surface area contributed by atoms with E-state index in [0.717, 1.165) is 55.6 Å². The summed E-state index contributed by atoms with van der Waals surface area (Å²) in [6.45, 7) is 7.12. The van der Waals surface area contributed by atoms with E-state index in [1.807, 2.05) is 16.7 Å². The number of carbonyl (C=O) groups is 1. The molecule has 1 aromatic heterocycles. The number of nitrogens with zero attached hydrogens (tertiary/aromatic N) is 5. The number of hydrogen-bond acceptors (Lipinski definition) is 5. The molecule has 0 spiro atoms. The minimum absolute atomic E-state index is 0.312. The molecule has 0 unspecified atom stereocenters. The quantitative estimate of drug-likeness (QED) is 0.694. The third-order valence-corrected chi connectivity index (χ3v) is 6.34. The van der Waals surface area contributed by atoms with Gasteiger partial charge in [0.1, 0.15) is 11.6 Å². The first-order valence-corrected chi connectivity index (χ1v) is 10.8. The smallest absolute Gasteiger partial charge is 0.223 e. The van der Waals surface area contributed by atoms with Crippen LogP contribution in [0, 0.1) is 0 Å². The van der Waals surface area contributed by atoms with E-state index >= 15 is 0 Å². The molecular formula is C18H31N5OS. The van der Waals surface area contributed by atoms with Gasteiger partial charge in [0.05, 0.1) is 6.54 Å². The van der Waals surface area contributed by atoms with Crippen LogP contribution in [-0.4, -0.2) is 68.2 Å². The number of piperidine rings is 1. The average Bonchev–Trinajstić information content (AvgIpc) is 3.26. The van der Waals surface area contributed by atoms with Gasteiger partial charge in [-0.1, -0.05) is 6.92 Å². The van der Waals surface area contributed by atoms with Crippen molar-refractivity contribution in [1.29, 1.82) is 0 Å². The minimum Gasteiger partial charge on any atom is -0.343 e. The van der Waals surface area contributed by atoms with E-state index in [4.69, 9.17) is 0 Å². The van der Waals surface area contributed by atoms with Crippen molar-refractivity contribution in [3.8, 4) is 0 Å². The lowest BCUT2D eigenvalue weighted by molar-refractivity contribution is -0.131. The van der Waals surface area contributed by atoms with Crippen LogP contribution in [0.3, 0.4) is 0 Å². The predicted molar refractivity (Wildman–Crippen MR) is 102 cm³/mol. The first kappa shape index (κ1) is 18.7. The van der Waals surface area contributed by atoms with Gasteiger partial charge in [0.25, 0.3) is 0 Å². The van der Waals surface area contributed by atoms with Crippen molar-refractivity contribution in [1.82, 2.24) is 24.6 Å². The molecule has 0 bridgehead atoms. The van der Waals surface area contributed by atoms with Gasteiger partial charge in [-0.05, 0) is 44.5 Å². The van der Waals surface area contributed by atoms with Crippen molar-refractivity contribution in [3.63, 3.8) is 0 Å². The molecule has 2 fully saturated rings. The molecule has 0 aliphatic carbocycles. The molecule has 140 valence electrons. The molecule has 2 aliphatic rings. The third-order valence-electron chi connectivity index (χ3n) is 5.44. The van der Waals surface area contributed by atoms with Crippen molar-refractivity contribution in [2.24, 2.45) is 7.05 Å². The van der Waals surface area contributed by atoms with Crippen molar-refractivity contribution in [2.75, 3.05) is 37.7 Å². The Hall–Kier alpha value is -1.08. The highest BCUT2D eigenvalue weighted by atomic mass is 32.2. The van der Waals surface area contributed by atoms with Gasteiger partial charge in [-0.25, -0.2) is 0 Å². The number of rotatable bonds is 7. The van der Waals surface area contributed by atoms with Gasteiger partial charge >= 0.3 is 0 Å². The molecule has 3 rings (SSSR count). The maximum atomic E-state index is 12.3. The monoisotopic (exact) mass is 365 g/mol. The Labute approximate surface area is 155 Å². The Bertz CT molecular complexity index is 562. The lowest BCUT2D eigenvalue weighted by Gasteiger charge is -2.31. The molecule has 6 nitrogen and oxygen atoms in total. The number of thioether (sulfide) groups is 1. The third kappa shape index (κ3) is 4.76. The van der Waals surface area contributed by atoms with Gasteiger partial charge < -0.3 is 9.47 Å². The number of carbonyl (C=O) groups excluding carboxylic acids is 1. The maximum Gasteiger partial charge on any atom is 0.223 e. The van der Waals surface area contributed by atoms with Crippen molar-refractivity contribution < 1.29 is 4.79 Å². The van der Waals surface area contributed by atoms with Crippen molar-refractivity contribution >= 4 is 17.7 Å². The minimum atomic E-state index is 0.312. The number of aromatic nitrogens is 3. The van der Waals surface area contributed by atoms with Gasteiger partial charge in [-0.3, -0.25) is 9.69 Å². The van der Waals surface area contributed by atoms with E-state index in [-0.39, 0.29) is 0 Å². The van der Waals surface area contributed by atoms with E-state index in [9.17, 15) is 4.79 Å². The second-order valence-electron chi connectivity index (χ2n) is 7.12.